The van der Waals surface area contributed by atoms with Gasteiger partial charge in [-0.2, -0.15) is 0 Å². The molecule has 1 amide bonds. The maximum atomic E-state index is 12.5. The number of amides is 1. The van der Waals surface area contributed by atoms with Crippen LogP contribution in [0.1, 0.15) is 29.5 Å². The van der Waals surface area contributed by atoms with Crippen LogP contribution in [0.2, 0.25) is 0 Å². The molecule has 3 aromatic rings. The average Bonchev–Trinajstić information content (AvgIpc) is 3.12. The van der Waals surface area contributed by atoms with Crippen LogP contribution in [0.3, 0.4) is 0 Å². The molecule has 146 valence electrons. The first-order chi connectivity index (χ1) is 13.4. The predicted molar refractivity (Wildman–Crippen MR) is 110 cm³/mol. The lowest BCUT2D eigenvalue weighted by molar-refractivity contribution is -0.115. The zero-order valence-corrected chi connectivity index (χ0v) is 17.2. The van der Waals surface area contributed by atoms with Crippen molar-refractivity contribution in [3.05, 3.63) is 65.0 Å². The monoisotopic (exact) mass is 397 g/mol. The number of anilines is 1. The van der Waals surface area contributed by atoms with E-state index < -0.39 is 0 Å². The molecule has 0 aliphatic heterocycles. The number of hydrogen-bond donors (Lipinski definition) is 1. The molecule has 7 heteroatoms. The van der Waals surface area contributed by atoms with Gasteiger partial charge in [0.1, 0.15) is 5.75 Å². The van der Waals surface area contributed by atoms with Gasteiger partial charge in [-0.15, -0.1) is 10.2 Å². The third kappa shape index (κ3) is 5.13. The van der Waals surface area contributed by atoms with Gasteiger partial charge in [-0.3, -0.25) is 4.79 Å². The number of benzene rings is 2. The van der Waals surface area contributed by atoms with Crippen LogP contribution in [-0.2, 0) is 11.2 Å². The van der Waals surface area contributed by atoms with Crippen molar-refractivity contribution in [2.75, 3.05) is 12.4 Å². The maximum Gasteiger partial charge on any atom is 0.277 e. The van der Waals surface area contributed by atoms with E-state index in [0.29, 0.717) is 17.5 Å². The van der Waals surface area contributed by atoms with Gasteiger partial charge in [0.15, 0.2) is 0 Å². The van der Waals surface area contributed by atoms with Crippen LogP contribution in [0.15, 0.2) is 52.1 Å². The molecule has 0 unspecified atom stereocenters. The molecule has 0 saturated carbocycles. The lowest BCUT2D eigenvalue weighted by Gasteiger charge is -2.12. The number of carbonyl (C=O) groups excluding carboxylic acids is 1. The SMILES string of the molecule is COc1ccc(Cc2nnc(S[C@@H](C)C(=O)Nc3cc(C)ccc3C)o2)cc1. The molecule has 0 aliphatic carbocycles. The minimum absolute atomic E-state index is 0.103. The Morgan fingerprint density at radius 2 is 1.93 bits per heavy atom. The summed E-state index contributed by atoms with van der Waals surface area (Å²) in [6, 6.07) is 13.7. The number of nitrogens with zero attached hydrogens (tertiary/aromatic N) is 2. The summed E-state index contributed by atoms with van der Waals surface area (Å²) in [7, 11) is 1.63. The van der Waals surface area contributed by atoms with Gasteiger partial charge in [0, 0.05) is 5.69 Å². The summed E-state index contributed by atoms with van der Waals surface area (Å²) < 4.78 is 10.8. The predicted octanol–water partition coefficient (Wildman–Crippen LogP) is 4.41. The van der Waals surface area contributed by atoms with Crippen LogP contribution in [0.5, 0.6) is 5.75 Å². The summed E-state index contributed by atoms with van der Waals surface area (Å²) in [4.78, 5) is 12.5. The molecule has 6 nitrogen and oxygen atoms in total. The number of aryl methyl sites for hydroxylation is 2. The molecule has 0 bridgehead atoms. The van der Waals surface area contributed by atoms with E-state index >= 15 is 0 Å². The molecule has 0 aliphatic rings. The second-order valence-corrected chi connectivity index (χ2v) is 7.85. The quantitative estimate of drug-likeness (QED) is 0.595. The number of ether oxygens (including phenoxy) is 1. The molecule has 1 N–H and O–H groups in total. The van der Waals surface area contributed by atoms with Crippen molar-refractivity contribution in [2.24, 2.45) is 0 Å². The van der Waals surface area contributed by atoms with Crippen molar-refractivity contribution in [3.8, 4) is 5.75 Å². The molecule has 28 heavy (non-hydrogen) atoms. The fourth-order valence-electron chi connectivity index (χ4n) is 2.58. The highest BCUT2D eigenvalue weighted by Crippen LogP contribution is 2.25. The number of aromatic nitrogens is 2. The first kappa shape index (κ1) is 19.9. The Bertz CT molecular complexity index is 954. The third-order valence-electron chi connectivity index (χ3n) is 4.26. The molecule has 1 heterocycles. The van der Waals surface area contributed by atoms with Gasteiger partial charge in [-0.05, 0) is 55.7 Å². The second kappa shape index (κ2) is 8.93. The minimum atomic E-state index is -0.366. The first-order valence-corrected chi connectivity index (χ1v) is 9.82. The Kier molecular flexibility index (Phi) is 6.36. The zero-order valence-electron chi connectivity index (χ0n) is 16.4. The van der Waals surface area contributed by atoms with E-state index in [1.165, 1.54) is 11.8 Å². The normalized spacial score (nSPS) is 11.9. The Hall–Kier alpha value is -2.80. The Morgan fingerprint density at radius 1 is 1.18 bits per heavy atom. The maximum absolute atomic E-state index is 12.5. The summed E-state index contributed by atoms with van der Waals surface area (Å²) in [6.07, 6.45) is 0.528. The highest BCUT2D eigenvalue weighted by atomic mass is 32.2. The van der Waals surface area contributed by atoms with Crippen molar-refractivity contribution in [2.45, 2.75) is 37.7 Å². The molecule has 3 rings (SSSR count). The van der Waals surface area contributed by atoms with E-state index in [2.05, 4.69) is 15.5 Å². The second-order valence-electron chi connectivity index (χ2n) is 6.55. The van der Waals surface area contributed by atoms with Crippen molar-refractivity contribution >= 4 is 23.4 Å². The smallest absolute Gasteiger partial charge is 0.277 e. The van der Waals surface area contributed by atoms with E-state index in [1.807, 2.05) is 63.2 Å². The fraction of sp³-hybridized carbons (Fsp3) is 0.286. The largest absolute Gasteiger partial charge is 0.497 e. The summed E-state index contributed by atoms with van der Waals surface area (Å²) in [5.74, 6) is 1.21. The Labute approximate surface area is 168 Å². The van der Waals surface area contributed by atoms with E-state index in [4.69, 9.17) is 9.15 Å². The van der Waals surface area contributed by atoms with Crippen LogP contribution >= 0.6 is 11.8 Å². The van der Waals surface area contributed by atoms with Gasteiger partial charge >= 0.3 is 0 Å². The van der Waals surface area contributed by atoms with Gasteiger partial charge in [0.25, 0.3) is 5.22 Å². The van der Waals surface area contributed by atoms with E-state index in [-0.39, 0.29) is 11.2 Å². The molecule has 0 radical (unpaired) electrons. The molecule has 0 fully saturated rings. The van der Waals surface area contributed by atoms with Gasteiger partial charge < -0.3 is 14.5 Å². The summed E-state index contributed by atoms with van der Waals surface area (Å²) in [5.41, 5.74) is 3.99. The molecular formula is C21H23N3O3S. The number of nitrogens with one attached hydrogen (secondary N) is 1. The summed E-state index contributed by atoms with van der Waals surface area (Å²) >= 11 is 1.25. The van der Waals surface area contributed by atoms with Crippen molar-refractivity contribution in [3.63, 3.8) is 0 Å². The number of rotatable bonds is 7. The van der Waals surface area contributed by atoms with Gasteiger partial charge in [-0.1, -0.05) is 36.0 Å². The van der Waals surface area contributed by atoms with Crippen LogP contribution in [0.4, 0.5) is 5.69 Å². The average molecular weight is 398 g/mol. The molecule has 1 aromatic heterocycles. The van der Waals surface area contributed by atoms with Gasteiger partial charge in [-0.25, -0.2) is 0 Å². The standard InChI is InChI=1S/C21H23N3O3S/c1-13-5-6-14(2)18(11-13)22-20(25)15(3)28-21-24-23-19(27-21)12-16-7-9-17(26-4)10-8-16/h5-11,15H,12H2,1-4H3,(H,22,25)/t15-/m0/s1. The zero-order chi connectivity index (χ0) is 20.1. The molecule has 0 spiro atoms. The molecule has 0 saturated heterocycles. The number of hydrogen-bond acceptors (Lipinski definition) is 6. The van der Waals surface area contributed by atoms with Crippen molar-refractivity contribution in [1.82, 2.24) is 10.2 Å². The highest BCUT2D eigenvalue weighted by molar-refractivity contribution is 8.00. The third-order valence-corrected chi connectivity index (χ3v) is 5.19. The Morgan fingerprint density at radius 3 is 2.64 bits per heavy atom. The molecule has 2 aromatic carbocycles. The molecule has 1 atom stereocenters. The van der Waals surface area contributed by atoms with Crippen LogP contribution in [-0.4, -0.2) is 28.5 Å². The number of carbonyl (C=O) groups is 1. The van der Waals surface area contributed by atoms with Crippen LogP contribution in [0.25, 0.3) is 0 Å². The van der Waals surface area contributed by atoms with Crippen LogP contribution in [0, 0.1) is 13.8 Å². The van der Waals surface area contributed by atoms with Gasteiger partial charge in [0.2, 0.25) is 11.8 Å². The molecular weight excluding hydrogens is 374 g/mol. The van der Waals surface area contributed by atoms with Gasteiger partial charge in [0.05, 0.1) is 18.8 Å². The van der Waals surface area contributed by atoms with E-state index in [1.54, 1.807) is 7.11 Å². The summed E-state index contributed by atoms with van der Waals surface area (Å²) in [5, 5.41) is 11.1. The minimum Gasteiger partial charge on any atom is -0.497 e. The van der Waals surface area contributed by atoms with E-state index in [9.17, 15) is 4.79 Å². The first-order valence-electron chi connectivity index (χ1n) is 8.94. The number of thioether (sulfide) groups is 1. The summed E-state index contributed by atoms with van der Waals surface area (Å²) in [6.45, 7) is 5.78. The number of methoxy groups -OCH3 is 1. The van der Waals surface area contributed by atoms with E-state index in [0.717, 1.165) is 28.1 Å². The topological polar surface area (TPSA) is 77.2 Å². The lowest BCUT2D eigenvalue weighted by Crippen LogP contribution is -2.22. The highest BCUT2D eigenvalue weighted by Gasteiger charge is 2.19. The lowest BCUT2D eigenvalue weighted by atomic mass is 10.1. The van der Waals surface area contributed by atoms with Crippen molar-refractivity contribution < 1.29 is 13.9 Å². The fourth-order valence-corrected chi connectivity index (χ4v) is 3.29. The van der Waals surface area contributed by atoms with Crippen LogP contribution < -0.4 is 10.1 Å². The van der Waals surface area contributed by atoms with Crippen molar-refractivity contribution in [1.29, 1.82) is 0 Å². The Balaban J connectivity index is 1.58.